The summed E-state index contributed by atoms with van der Waals surface area (Å²) in [4.78, 5) is 23.1. The second-order valence-electron chi connectivity index (χ2n) is 5.35. The van der Waals surface area contributed by atoms with Gasteiger partial charge >= 0.3 is 11.9 Å². The molecular weight excluding hydrogens is 220 g/mol. The van der Waals surface area contributed by atoms with Crippen molar-refractivity contribution < 1.29 is 19.1 Å². The lowest BCUT2D eigenvalue weighted by molar-refractivity contribution is -0.169. The highest BCUT2D eigenvalue weighted by Crippen LogP contribution is 2.48. The van der Waals surface area contributed by atoms with Crippen molar-refractivity contribution in [2.45, 2.75) is 37.9 Å². The summed E-state index contributed by atoms with van der Waals surface area (Å²) in [6.45, 7) is 3.40. The molecule has 2 saturated carbocycles. The standard InChI is InChI=1S/C13H16O4/c1-2-11(14)17-12-8-3-7-4-9(6-8)13(15)16-10(12)5-7/h2,7-10,12H,1,3-6H2/t7?,8?,9?,10-,12?/m0/s1. The van der Waals surface area contributed by atoms with Gasteiger partial charge in [-0.1, -0.05) is 6.58 Å². The lowest BCUT2D eigenvalue weighted by Crippen LogP contribution is -2.45. The lowest BCUT2D eigenvalue weighted by Gasteiger charge is -2.41. The molecule has 0 amide bonds. The molecule has 4 rings (SSSR count). The van der Waals surface area contributed by atoms with E-state index in [2.05, 4.69) is 6.58 Å². The minimum atomic E-state index is -0.418. The predicted molar refractivity (Wildman–Crippen MR) is 58.9 cm³/mol. The van der Waals surface area contributed by atoms with Crippen LogP contribution < -0.4 is 0 Å². The van der Waals surface area contributed by atoms with E-state index in [1.807, 2.05) is 0 Å². The van der Waals surface area contributed by atoms with Crippen molar-refractivity contribution in [1.82, 2.24) is 0 Å². The number of hydrogen-bond acceptors (Lipinski definition) is 4. The molecule has 17 heavy (non-hydrogen) atoms. The van der Waals surface area contributed by atoms with Crippen LogP contribution in [0.25, 0.3) is 0 Å². The minimum absolute atomic E-state index is 0.0242. The van der Waals surface area contributed by atoms with Crippen LogP contribution in [-0.2, 0) is 19.1 Å². The van der Waals surface area contributed by atoms with Crippen LogP contribution in [0.3, 0.4) is 0 Å². The summed E-state index contributed by atoms with van der Waals surface area (Å²) in [5, 5.41) is 0. The van der Waals surface area contributed by atoms with Crippen molar-refractivity contribution in [2.24, 2.45) is 17.8 Å². The van der Waals surface area contributed by atoms with Crippen molar-refractivity contribution in [3.8, 4) is 0 Å². The normalized spacial score (nSPS) is 42.8. The van der Waals surface area contributed by atoms with E-state index in [9.17, 15) is 9.59 Å². The van der Waals surface area contributed by atoms with Crippen LogP contribution in [0.15, 0.2) is 12.7 Å². The van der Waals surface area contributed by atoms with Crippen LogP contribution >= 0.6 is 0 Å². The number of rotatable bonds is 2. The average molecular weight is 236 g/mol. The molecule has 2 aliphatic heterocycles. The molecule has 0 aromatic carbocycles. The average Bonchev–Trinajstić information content (AvgIpc) is 2.47. The van der Waals surface area contributed by atoms with Crippen molar-refractivity contribution in [1.29, 1.82) is 0 Å². The smallest absolute Gasteiger partial charge is 0.330 e. The van der Waals surface area contributed by atoms with Gasteiger partial charge in [-0.15, -0.1) is 0 Å². The predicted octanol–water partition coefficient (Wildman–Crippen LogP) is 1.45. The molecule has 0 spiro atoms. The summed E-state index contributed by atoms with van der Waals surface area (Å²) in [6, 6.07) is 0. The summed E-state index contributed by atoms with van der Waals surface area (Å²) in [5.74, 6) is 0.357. The monoisotopic (exact) mass is 236 g/mol. The van der Waals surface area contributed by atoms with E-state index < -0.39 is 5.97 Å². The summed E-state index contributed by atoms with van der Waals surface area (Å²) < 4.78 is 10.8. The van der Waals surface area contributed by atoms with Crippen LogP contribution in [-0.4, -0.2) is 24.1 Å². The van der Waals surface area contributed by atoms with Gasteiger partial charge in [0, 0.05) is 12.0 Å². The molecule has 4 bridgehead atoms. The molecule has 4 heteroatoms. The number of ether oxygens (including phenoxy) is 2. The molecule has 4 aliphatic rings. The molecule has 0 aromatic rings. The van der Waals surface area contributed by atoms with Gasteiger partial charge in [0.25, 0.3) is 0 Å². The summed E-state index contributed by atoms with van der Waals surface area (Å²) >= 11 is 0. The van der Waals surface area contributed by atoms with Crippen LogP contribution in [0.1, 0.15) is 25.7 Å². The first-order chi connectivity index (χ1) is 8.17. The molecule has 0 radical (unpaired) electrons. The molecular formula is C13H16O4. The molecule has 4 nitrogen and oxygen atoms in total. The third-order valence-corrected chi connectivity index (χ3v) is 4.26. The molecule has 0 aromatic heterocycles. The molecule has 2 heterocycles. The third-order valence-electron chi connectivity index (χ3n) is 4.26. The quantitative estimate of drug-likeness (QED) is 0.538. The number of carbonyl (C=O) groups is 2. The fourth-order valence-corrected chi connectivity index (χ4v) is 3.62. The van der Waals surface area contributed by atoms with Crippen LogP contribution in [0.4, 0.5) is 0 Å². The number of carbonyl (C=O) groups excluding carboxylic acids is 2. The topological polar surface area (TPSA) is 52.6 Å². The fourth-order valence-electron chi connectivity index (χ4n) is 3.62. The maximum atomic E-state index is 11.8. The number of fused-ring (bicyclic) bond motifs is 1. The zero-order valence-electron chi connectivity index (χ0n) is 9.63. The Hall–Kier alpha value is -1.32. The first kappa shape index (κ1) is 10.8. The zero-order valence-corrected chi connectivity index (χ0v) is 9.63. The van der Waals surface area contributed by atoms with Crippen LogP contribution in [0.5, 0.6) is 0 Å². The third kappa shape index (κ3) is 1.75. The number of esters is 2. The van der Waals surface area contributed by atoms with Gasteiger partial charge in [0.1, 0.15) is 12.2 Å². The Morgan fingerprint density at radius 1 is 1.35 bits per heavy atom. The van der Waals surface area contributed by atoms with E-state index >= 15 is 0 Å². The lowest BCUT2D eigenvalue weighted by atomic mass is 9.67. The zero-order chi connectivity index (χ0) is 12.0. The highest BCUT2D eigenvalue weighted by atomic mass is 16.6. The highest BCUT2D eigenvalue weighted by Gasteiger charge is 2.51. The Bertz CT molecular complexity index is 376. The van der Waals surface area contributed by atoms with Crippen LogP contribution in [0, 0.1) is 17.8 Å². The maximum absolute atomic E-state index is 11.8. The van der Waals surface area contributed by atoms with Crippen molar-refractivity contribution in [2.75, 3.05) is 0 Å². The van der Waals surface area contributed by atoms with Crippen molar-refractivity contribution >= 4 is 11.9 Å². The molecule has 4 fully saturated rings. The first-order valence-electron chi connectivity index (χ1n) is 6.21. The van der Waals surface area contributed by atoms with Gasteiger partial charge in [-0.25, -0.2) is 4.79 Å². The SMILES string of the molecule is C=CC(=O)OC1C2CC3CC(C2)C(=O)O[C@H]1C3. The molecule has 0 N–H and O–H groups in total. The van der Waals surface area contributed by atoms with Gasteiger partial charge in [0.05, 0.1) is 5.92 Å². The molecule has 5 atom stereocenters. The van der Waals surface area contributed by atoms with E-state index in [1.165, 1.54) is 6.08 Å². The second kappa shape index (κ2) is 3.86. The van der Waals surface area contributed by atoms with E-state index in [0.717, 1.165) is 25.7 Å². The largest absolute Gasteiger partial charge is 0.458 e. The maximum Gasteiger partial charge on any atom is 0.330 e. The van der Waals surface area contributed by atoms with Gasteiger partial charge < -0.3 is 9.47 Å². The van der Waals surface area contributed by atoms with Crippen LogP contribution in [0.2, 0.25) is 0 Å². The summed E-state index contributed by atoms with van der Waals surface area (Å²) in [6.07, 6.45) is 4.33. The van der Waals surface area contributed by atoms with E-state index in [4.69, 9.17) is 9.47 Å². The second-order valence-corrected chi connectivity index (χ2v) is 5.35. The molecule has 92 valence electrons. The Labute approximate surface area is 100.0 Å². The Morgan fingerprint density at radius 2 is 2.18 bits per heavy atom. The molecule has 4 unspecified atom stereocenters. The molecule has 2 aliphatic carbocycles. The Morgan fingerprint density at radius 3 is 2.94 bits per heavy atom. The van der Waals surface area contributed by atoms with Gasteiger partial charge in [-0.2, -0.15) is 0 Å². The molecule has 2 saturated heterocycles. The van der Waals surface area contributed by atoms with E-state index in [1.54, 1.807) is 0 Å². The van der Waals surface area contributed by atoms with Gasteiger partial charge in [-0.05, 0) is 31.6 Å². The highest BCUT2D eigenvalue weighted by molar-refractivity contribution is 5.81. The Kier molecular flexibility index (Phi) is 2.45. The van der Waals surface area contributed by atoms with Crippen molar-refractivity contribution in [3.63, 3.8) is 0 Å². The summed E-state index contributed by atoms with van der Waals surface area (Å²) in [5.41, 5.74) is 0. The van der Waals surface area contributed by atoms with Gasteiger partial charge in [0.15, 0.2) is 0 Å². The Balaban J connectivity index is 1.84. The first-order valence-corrected chi connectivity index (χ1v) is 6.21. The minimum Gasteiger partial charge on any atom is -0.458 e. The van der Waals surface area contributed by atoms with E-state index in [-0.39, 0.29) is 30.0 Å². The number of hydrogen-bond donors (Lipinski definition) is 0. The van der Waals surface area contributed by atoms with Crippen molar-refractivity contribution in [3.05, 3.63) is 12.7 Å². The van der Waals surface area contributed by atoms with Gasteiger partial charge in [0.2, 0.25) is 0 Å². The fraction of sp³-hybridized carbons (Fsp3) is 0.692. The van der Waals surface area contributed by atoms with Gasteiger partial charge in [-0.3, -0.25) is 4.79 Å². The summed E-state index contributed by atoms with van der Waals surface area (Å²) in [7, 11) is 0. The van der Waals surface area contributed by atoms with E-state index in [0.29, 0.717) is 5.92 Å².